The Morgan fingerprint density at radius 2 is 1.44 bits per heavy atom. The lowest BCUT2D eigenvalue weighted by Crippen LogP contribution is -2.01. The summed E-state index contributed by atoms with van der Waals surface area (Å²) in [7, 11) is 0. The fourth-order valence-electron chi connectivity index (χ4n) is 1.76. The van der Waals surface area contributed by atoms with E-state index in [1.165, 1.54) is 11.1 Å². The van der Waals surface area contributed by atoms with E-state index in [0.29, 0.717) is 11.8 Å². The Morgan fingerprint density at radius 3 is 1.75 bits per heavy atom. The molecule has 0 saturated heterocycles. The van der Waals surface area contributed by atoms with Crippen molar-refractivity contribution in [2.24, 2.45) is 0 Å². The molecular weight excluding hydrogens is 260 g/mol. The van der Waals surface area contributed by atoms with E-state index in [2.05, 4.69) is 51.0 Å². The molecule has 1 rings (SSSR count). The van der Waals surface area contributed by atoms with E-state index in [-0.39, 0.29) is 0 Å². The van der Waals surface area contributed by atoms with Crippen molar-refractivity contribution in [1.29, 1.82) is 0 Å². The Bertz CT molecular complexity index is 325. The van der Waals surface area contributed by atoms with Crippen molar-refractivity contribution in [1.82, 2.24) is 0 Å². The quantitative estimate of drug-likeness (QED) is 0.661. The van der Waals surface area contributed by atoms with Gasteiger partial charge in [-0.1, -0.05) is 68.4 Å². The number of nitrogens with one attached hydrogen (secondary N) is 1. The molecule has 90 valence electrons. The van der Waals surface area contributed by atoms with E-state index in [1.807, 2.05) is 0 Å². The summed E-state index contributed by atoms with van der Waals surface area (Å²) in [6, 6.07) is 6.36. The van der Waals surface area contributed by atoms with Crippen LogP contribution in [0.4, 0.5) is 5.69 Å². The van der Waals surface area contributed by atoms with Gasteiger partial charge in [-0.2, -0.15) is 0 Å². The van der Waals surface area contributed by atoms with E-state index in [9.17, 15) is 0 Å². The van der Waals surface area contributed by atoms with Gasteiger partial charge in [0.2, 0.25) is 0 Å². The molecule has 1 aromatic carbocycles. The minimum Gasteiger partial charge on any atom is -0.339 e. The molecule has 0 saturated carbocycles. The molecule has 0 spiro atoms. The summed E-state index contributed by atoms with van der Waals surface area (Å²) in [6.07, 6.45) is 0. The highest BCUT2D eigenvalue weighted by molar-refractivity contribution is 8.04. The Labute approximate surface area is 109 Å². The van der Waals surface area contributed by atoms with Crippen LogP contribution in [0, 0.1) is 0 Å². The second kappa shape index (κ2) is 6.10. The summed E-state index contributed by atoms with van der Waals surface area (Å²) >= 11 is 11.8. The van der Waals surface area contributed by atoms with Crippen molar-refractivity contribution in [2.75, 3.05) is 5.09 Å². The van der Waals surface area contributed by atoms with Gasteiger partial charge in [-0.3, -0.25) is 0 Å². The zero-order valence-electron chi connectivity index (χ0n) is 10.1. The zero-order chi connectivity index (χ0) is 12.3. The largest absolute Gasteiger partial charge is 0.339 e. The molecule has 0 aliphatic heterocycles. The normalized spacial score (nSPS) is 11.6. The number of benzene rings is 1. The predicted molar refractivity (Wildman–Crippen MR) is 76.9 cm³/mol. The lowest BCUT2D eigenvalue weighted by Gasteiger charge is -2.20. The van der Waals surface area contributed by atoms with Crippen molar-refractivity contribution < 1.29 is 0 Å². The van der Waals surface area contributed by atoms with Crippen LogP contribution >= 0.6 is 29.3 Å². The first kappa shape index (κ1) is 14.1. The summed E-state index contributed by atoms with van der Waals surface area (Å²) in [5.41, 5.74) is 3.67. The number of hydrogen-bond donors (Lipinski definition) is 1. The molecule has 0 aliphatic carbocycles. The van der Waals surface area contributed by atoms with E-state index in [4.69, 9.17) is 22.5 Å². The highest BCUT2D eigenvalue weighted by atomic mass is 35.9. The molecule has 0 atom stereocenters. The van der Waals surface area contributed by atoms with Crippen molar-refractivity contribution in [2.45, 2.75) is 39.5 Å². The maximum atomic E-state index is 5.88. The minimum absolute atomic E-state index is 0.462. The molecule has 0 aliphatic rings. The number of hydrogen-bond acceptors (Lipinski definition) is 1. The number of para-hydroxylation sites is 1. The summed E-state index contributed by atoms with van der Waals surface area (Å²) in [6.45, 7) is 7.54. The summed E-state index contributed by atoms with van der Waals surface area (Å²) < 4.78 is 0. The molecule has 1 nitrogen and oxygen atoms in total. The fourth-order valence-corrected chi connectivity index (χ4v) is 2.70. The van der Waals surface area contributed by atoms with Crippen molar-refractivity contribution in [3.05, 3.63) is 29.3 Å². The van der Waals surface area contributed by atoms with Crippen molar-refractivity contribution in [3.63, 3.8) is 0 Å². The van der Waals surface area contributed by atoms with Crippen LogP contribution in [0.5, 0.6) is 0 Å². The van der Waals surface area contributed by atoms with Crippen LogP contribution in [0.2, 0.25) is 0 Å². The number of rotatable bonds is 4. The van der Waals surface area contributed by atoms with Gasteiger partial charge in [0.05, 0.1) is 0 Å². The maximum Gasteiger partial charge on any atom is 0.184 e. The third-order valence-corrected chi connectivity index (χ3v) is 3.47. The first-order valence-corrected chi connectivity index (χ1v) is 8.59. The number of halogens is 2. The predicted octanol–water partition coefficient (Wildman–Crippen LogP) is 6.05. The van der Waals surface area contributed by atoms with Crippen LogP contribution in [-0.4, -0.2) is 0 Å². The van der Waals surface area contributed by atoms with Crippen LogP contribution < -0.4 is 5.09 Å². The van der Waals surface area contributed by atoms with Gasteiger partial charge in [-0.05, 0) is 23.0 Å². The molecule has 4 heteroatoms. The maximum absolute atomic E-state index is 5.88. The van der Waals surface area contributed by atoms with E-state index < -0.39 is 6.78 Å². The van der Waals surface area contributed by atoms with E-state index in [1.54, 1.807) is 0 Å². The monoisotopic (exact) mass is 277 g/mol. The summed E-state index contributed by atoms with van der Waals surface area (Å²) in [4.78, 5) is 0. The SMILES string of the molecule is CC(C)c1cccc(C(C)C)c1NP(Cl)Cl. The van der Waals surface area contributed by atoms with Crippen LogP contribution in [0.15, 0.2) is 18.2 Å². The van der Waals surface area contributed by atoms with Gasteiger partial charge >= 0.3 is 0 Å². The van der Waals surface area contributed by atoms with Gasteiger partial charge in [-0.15, -0.1) is 0 Å². The van der Waals surface area contributed by atoms with Crippen LogP contribution in [-0.2, 0) is 0 Å². The first-order valence-electron chi connectivity index (χ1n) is 5.44. The van der Waals surface area contributed by atoms with Crippen LogP contribution in [0.25, 0.3) is 0 Å². The standard InChI is InChI=1S/C12H18Cl2NP/c1-8(2)10-6-5-7-11(9(3)4)12(10)15-16(13)14/h5-9,15H,1-4H3. The lowest BCUT2D eigenvalue weighted by molar-refractivity contribution is 0.840. The highest BCUT2D eigenvalue weighted by Crippen LogP contribution is 2.49. The molecule has 0 heterocycles. The fraction of sp³-hybridized carbons (Fsp3) is 0.500. The van der Waals surface area contributed by atoms with Gasteiger partial charge in [0.25, 0.3) is 0 Å². The van der Waals surface area contributed by atoms with Crippen LogP contribution in [0.3, 0.4) is 0 Å². The van der Waals surface area contributed by atoms with Crippen LogP contribution in [0.1, 0.15) is 50.7 Å². The smallest absolute Gasteiger partial charge is 0.184 e. The van der Waals surface area contributed by atoms with E-state index in [0.717, 1.165) is 5.69 Å². The second-order valence-electron chi connectivity index (χ2n) is 4.47. The van der Waals surface area contributed by atoms with Gasteiger partial charge in [0, 0.05) is 5.69 Å². The Balaban J connectivity index is 3.23. The van der Waals surface area contributed by atoms with Crippen molar-refractivity contribution >= 4 is 34.9 Å². The van der Waals surface area contributed by atoms with Crippen molar-refractivity contribution in [3.8, 4) is 0 Å². The molecule has 0 unspecified atom stereocenters. The van der Waals surface area contributed by atoms with E-state index >= 15 is 0 Å². The van der Waals surface area contributed by atoms with Gasteiger partial charge < -0.3 is 5.09 Å². The Kier molecular flexibility index (Phi) is 5.37. The lowest BCUT2D eigenvalue weighted by atomic mass is 9.93. The molecule has 0 bridgehead atoms. The highest BCUT2D eigenvalue weighted by Gasteiger charge is 2.15. The number of anilines is 1. The molecule has 0 fully saturated rings. The third-order valence-electron chi connectivity index (χ3n) is 2.57. The molecule has 0 aromatic heterocycles. The summed E-state index contributed by atoms with van der Waals surface area (Å²) in [5, 5.41) is 3.20. The molecule has 0 amide bonds. The molecule has 16 heavy (non-hydrogen) atoms. The first-order chi connectivity index (χ1) is 7.43. The average Bonchev–Trinajstić information content (AvgIpc) is 2.16. The molecule has 0 radical (unpaired) electrons. The second-order valence-corrected chi connectivity index (χ2v) is 7.70. The molecular formula is C12H18Cl2NP. The Hall–Kier alpha value is 0.0300. The Morgan fingerprint density at radius 1 is 1.00 bits per heavy atom. The topological polar surface area (TPSA) is 12.0 Å². The minimum atomic E-state index is -1.16. The van der Waals surface area contributed by atoms with Gasteiger partial charge in [0.15, 0.2) is 6.78 Å². The third kappa shape index (κ3) is 3.52. The van der Waals surface area contributed by atoms with Gasteiger partial charge in [0.1, 0.15) is 0 Å². The molecule has 1 aromatic rings. The van der Waals surface area contributed by atoms with Gasteiger partial charge in [-0.25, -0.2) is 0 Å². The average molecular weight is 278 g/mol. The molecule has 1 N–H and O–H groups in total. The summed E-state index contributed by atoms with van der Waals surface area (Å²) in [5.74, 6) is 0.925. The zero-order valence-corrected chi connectivity index (χ0v) is 12.5.